The SMILES string of the molecule is CCNC(c1cc(Br)ccc1I)c1cc(C)oc1C. The maximum atomic E-state index is 5.68. The van der Waals surface area contributed by atoms with Crippen molar-refractivity contribution in [2.45, 2.75) is 26.8 Å². The summed E-state index contributed by atoms with van der Waals surface area (Å²) in [5, 5.41) is 3.55. The number of halogens is 2. The molecule has 2 nitrogen and oxygen atoms in total. The first-order chi connectivity index (χ1) is 9.02. The predicted molar refractivity (Wildman–Crippen MR) is 90.6 cm³/mol. The third kappa shape index (κ3) is 3.41. The lowest BCUT2D eigenvalue weighted by Gasteiger charge is -2.19. The van der Waals surface area contributed by atoms with Crippen LogP contribution in [0.5, 0.6) is 0 Å². The van der Waals surface area contributed by atoms with E-state index in [1.54, 1.807) is 0 Å². The van der Waals surface area contributed by atoms with Gasteiger partial charge in [0.15, 0.2) is 0 Å². The summed E-state index contributed by atoms with van der Waals surface area (Å²) in [6.45, 7) is 7.06. The molecule has 0 fully saturated rings. The van der Waals surface area contributed by atoms with Crippen LogP contribution in [0.4, 0.5) is 0 Å². The molecule has 0 saturated heterocycles. The van der Waals surface area contributed by atoms with Crippen molar-refractivity contribution in [1.29, 1.82) is 0 Å². The summed E-state index contributed by atoms with van der Waals surface area (Å²) in [5.41, 5.74) is 2.50. The maximum absolute atomic E-state index is 5.68. The van der Waals surface area contributed by atoms with Crippen LogP contribution in [0.25, 0.3) is 0 Å². The van der Waals surface area contributed by atoms with E-state index in [2.05, 4.69) is 75.0 Å². The van der Waals surface area contributed by atoms with Crippen molar-refractivity contribution < 1.29 is 4.42 Å². The van der Waals surface area contributed by atoms with Gasteiger partial charge in [-0.25, -0.2) is 0 Å². The number of hydrogen-bond donors (Lipinski definition) is 1. The molecule has 2 aromatic rings. The summed E-state index contributed by atoms with van der Waals surface area (Å²) < 4.78 is 8.03. The summed E-state index contributed by atoms with van der Waals surface area (Å²) in [6, 6.07) is 8.68. The molecule has 1 aromatic carbocycles. The van der Waals surface area contributed by atoms with Gasteiger partial charge in [-0.3, -0.25) is 0 Å². The van der Waals surface area contributed by atoms with Crippen LogP contribution in [0, 0.1) is 17.4 Å². The molecule has 1 heterocycles. The van der Waals surface area contributed by atoms with Gasteiger partial charge in [0.25, 0.3) is 0 Å². The first-order valence-electron chi connectivity index (χ1n) is 6.28. The topological polar surface area (TPSA) is 25.2 Å². The fourth-order valence-corrected chi connectivity index (χ4v) is 3.29. The Balaban J connectivity index is 2.51. The molecule has 0 aliphatic heterocycles. The van der Waals surface area contributed by atoms with Crippen molar-refractivity contribution in [2.75, 3.05) is 6.54 Å². The molecule has 0 aliphatic carbocycles. The number of nitrogens with one attached hydrogen (secondary N) is 1. The van der Waals surface area contributed by atoms with Gasteiger partial charge in [-0.15, -0.1) is 0 Å². The smallest absolute Gasteiger partial charge is 0.106 e. The highest BCUT2D eigenvalue weighted by Crippen LogP contribution is 2.31. The van der Waals surface area contributed by atoms with Gasteiger partial charge in [0.05, 0.1) is 6.04 Å². The van der Waals surface area contributed by atoms with E-state index in [-0.39, 0.29) is 6.04 Å². The second-order valence-electron chi connectivity index (χ2n) is 4.53. The Bertz CT molecular complexity index is 580. The quantitative estimate of drug-likeness (QED) is 0.689. The van der Waals surface area contributed by atoms with Crippen LogP contribution in [-0.2, 0) is 0 Å². The monoisotopic (exact) mass is 433 g/mol. The van der Waals surface area contributed by atoms with Crippen molar-refractivity contribution in [3.8, 4) is 0 Å². The van der Waals surface area contributed by atoms with Crippen molar-refractivity contribution in [3.05, 3.63) is 55.0 Å². The highest BCUT2D eigenvalue weighted by atomic mass is 127. The average molecular weight is 434 g/mol. The van der Waals surface area contributed by atoms with E-state index in [9.17, 15) is 0 Å². The second kappa shape index (κ2) is 6.41. The summed E-state index contributed by atoms with van der Waals surface area (Å²) in [4.78, 5) is 0. The molecule has 2 rings (SSSR count). The number of furan rings is 1. The second-order valence-corrected chi connectivity index (χ2v) is 6.60. The van der Waals surface area contributed by atoms with Crippen molar-refractivity contribution in [1.82, 2.24) is 5.32 Å². The maximum Gasteiger partial charge on any atom is 0.106 e. The van der Waals surface area contributed by atoms with E-state index >= 15 is 0 Å². The molecule has 0 radical (unpaired) electrons. The highest BCUT2D eigenvalue weighted by Gasteiger charge is 2.20. The zero-order valence-electron chi connectivity index (χ0n) is 11.3. The molecule has 1 atom stereocenters. The van der Waals surface area contributed by atoms with E-state index < -0.39 is 0 Å². The van der Waals surface area contributed by atoms with E-state index in [1.165, 1.54) is 14.7 Å². The largest absolute Gasteiger partial charge is 0.466 e. The molecule has 4 heteroatoms. The average Bonchev–Trinajstić information content (AvgIpc) is 2.69. The van der Waals surface area contributed by atoms with Gasteiger partial charge < -0.3 is 9.73 Å². The highest BCUT2D eigenvalue weighted by molar-refractivity contribution is 14.1. The van der Waals surface area contributed by atoms with Crippen molar-refractivity contribution in [3.63, 3.8) is 0 Å². The lowest BCUT2D eigenvalue weighted by molar-refractivity contribution is 0.495. The fourth-order valence-electron chi connectivity index (χ4n) is 2.26. The van der Waals surface area contributed by atoms with E-state index in [0.29, 0.717) is 0 Å². The molecule has 19 heavy (non-hydrogen) atoms. The van der Waals surface area contributed by atoms with Crippen LogP contribution in [0.2, 0.25) is 0 Å². The molecular weight excluding hydrogens is 417 g/mol. The van der Waals surface area contributed by atoms with E-state index in [4.69, 9.17) is 4.42 Å². The lowest BCUT2D eigenvalue weighted by atomic mass is 9.99. The van der Waals surface area contributed by atoms with Crippen LogP contribution in [0.3, 0.4) is 0 Å². The molecule has 0 spiro atoms. The Kier molecular flexibility index (Phi) is 5.09. The zero-order valence-corrected chi connectivity index (χ0v) is 15.0. The minimum Gasteiger partial charge on any atom is -0.466 e. The van der Waals surface area contributed by atoms with Crippen LogP contribution in [0.15, 0.2) is 33.2 Å². The molecule has 102 valence electrons. The van der Waals surface area contributed by atoms with Crippen LogP contribution in [0.1, 0.15) is 35.6 Å². The zero-order chi connectivity index (χ0) is 14.0. The summed E-state index contributed by atoms with van der Waals surface area (Å²) in [5.74, 6) is 1.94. The minimum atomic E-state index is 0.173. The molecule has 0 bridgehead atoms. The van der Waals surface area contributed by atoms with E-state index in [1.807, 2.05) is 13.8 Å². The van der Waals surface area contributed by atoms with Crippen molar-refractivity contribution in [2.24, 2.45) is 0 Å². The number of rotatable bonds is 4. The van der Waals surface area contributed by atoms with Crippen LogP contribution in [-0.4, -0.2) is 6.54 Å². The molecule has 0 aliphatic rings. The number of benzene rings is 1. The Morgan fingerprint density at radius 3 is 2.58 bits per heavy atom. The van der Waals surface area contributed by atoms with Gasteiger partial charge >= 0.3 is 0 Å². The molecule has 1 aromatic heterocycles. The Labute approximate surface area is 136 Å². The lowest BCUT2D eigenvalue weighted by Crippen LogP contribution is -2.23. The van der Waals surface area contributed by atoms with Gasteiger partial charge in [-0.05, 0) is 72.8 Å². The number of hydrogen-bond acceptors (Lipinski definition) is 2. The fraction of sp³-hybridized carbons (Fsp3) is 0.333. The third-order valence-corrected chi connectivity index (χ3v) is 4.54. The van der Waals surface area contributed by atoms with Gasteiger partial charge in [0.1, 0.15) is 11.5 Å². The summed E-state index contributed by atoms with van der Waals surface area (Å²) >= 11 is 5.94. The third-order valence-electron chi connectivity index (χ3n) is 3.07. The first kappa shape index (κ1) is 15.1. The summed E-state index contributed by atoms with van der Waals surface area (Å²) in [6.07, 6.45) is 0. The van der Waals surface area contributed by atoms with Gasteiger partial charge in [-0.1, -0.05) is 22.9 Å². The molecular formula is C15H17BrINO. The van der Waals surface area contributed by atoms with Gasteiger partial charge in [0.2, 0.25) is 0 Å². The normalized spacial score (nSPS) is 12.7. The van der Waals surface area contributed by atoms with Crippen LogP contribution < -0.4 is 5.32 Å². The number of aryl methyl sites for hydroxylation is 2. The molecule has 0 saturated carbocycles. The molecule has 0 amide bonds. The minimum absolute atomic E-state index is 0.173. The Morgan fingerprint density at radius 2 is 2.00 bits per heavy atom. The standard InChI is InChI=1S/C15H17BrINO/c1-4-18-15(12-7-9(2)19-10(12)3)13-8-11(16)5-6-14(13)17/h5-8,15,18H,4H2,1-3H3. The van der Waals surface area contributed by atoms with E-state index in [0.717, 1.165) is 22.5 Å². The van der Waals surface area contributed by atoms with Crippen molar-refractivity contribution >= 4 is 38.5 Å². The Hall–Kier alpha value is -0.330. The Morgan fingerprint density at radius 1 is 1.26 bits per heavy atom. The summed E-state index contributed by atoms with van der Waals surface area (Å²) in [7, 11) is 0. The first-order valence-corrected chi connectivity index (χ1v) is 8.15. The molecule has 1 N–H and O–H groups in total. The van der Waals surface area contributed by atoms with Crippen LogP contribution >= 0.6 is 38.5 Å². The van der Waals surface area contributed by atoms with Gasteiger partial charge in [0, 0.05) is 13.6 Å². The molecule has 1 unspecified atom stereocenters. The predicted octanol–water partition coefficient (Wildman–Crippen LogP) is 4.96. The van der Waals surface area contributed by atoms with Gasteiger partial charge in [-0.2, -0.15) is 0 Å².